The molecule has 0 saturated carbocycles. The first-order valence-corrected chi connectivity index (χ1v) is 9.20. The second-order valence-corrected chi connectivity index (χ2v) is 7.70. The molecule has 6 heteroatoms. The van der Waals surface area contributed by atoms with Gasteiger partial charge in [-0.3, -0.25) is 9.59 Å². The van der Waals surface area contributed by atoms with Crippen LogP contribution in [0.5, 0.6) is 0 Å². The minimum Gasteiger partial charge on any atom is -0.396 e. The topological polar surface area (TPSA) is 60.9 Å². The number of carbonyl (C=O) groups excluding carboxylic acids is 2. The van der Waals surface area contributed by atoms with Gasteiger partial charge in [0.15, 0.2) is 0 Å². The molecule has 0 aromatic heterocycles. The number of carbonyl (C=O) groups is 2. The number of aliphatic hydroxyl groups is 1. The number of nitrogens with zero attached hydrogens (tertiary/aromatic N) is 2. The van der Waals surface area contributed by atoms with Crippen LogP contribution in [0.25, 0.3) is 0 Å². The van der Waals surface area contributed by atoms with Gasteiger partial charge in [-0.25, -0.2) is 0 Å². The number of rotatable bonds is 3. The molecule has 136 valence electrons. The molecule has 1 aromatic carbocycles. The number of halogens is 1. The fraction of sp³-hybridized carbons (Fsp3) is 0.579. The zero-order chi connectivity index (χ0) is 18.0. The van der Waals surface area contributed by atoms with Gasteiger partial charge in [-0.1, -0.05) is 29.8 Å². The molecule has 0 radical (unpaired) electrons. The van der Waals surface area contributed by atoms with Crippen LogP contribution in [0, 0.1) is 11.3 Å². The zero-order valence-corrected chi connectivity index (χ0v) is 15.3. The maximum atomic E-state index is 12.6. The summed E-state index contributed by atoms with van der Waals surface area (Å²) in [6, 6.07) is 7.43. The summed E-state index contributed by atoms with van der Waals surface area (Å²) in [4.78, 5) is 28.0. The maximum absolute atomic E-state index is 12.6. The molecule has 1 spiro atoms. The standard InChI is InChI=1S/C19H25ClN2O3/c1-14(24)22-11-16(12-23)19(13-22)6-8-21(9-7-19)18(25)10-15-4-2-3-5-17(15)20/h2-5,16,23H,6-13H2,1H3. The van der Waals surface area contributed by atoms with E-state index >= 15 is 0 Å². The van der Waals surface area contributed by atoms with Gasteiger partial charge in [-0.15, -0.1) is 0 Å². The highest BCUT2D eigenvalue weighted by Gasteiger charge is 2.48. The highest BCUT2D eigenvalue weighted by atomic mass is 35.5. The SMILES string of the molecule is CC(=O)N1CC(CO)C2(CCN(C(=O)Cc3ccccc3Cl)CC2)C1. The van der Waals surface area contributed by atoms with Crippen molar-refractivity contribution >= 4 is 23.4 Å². The van der Waals surface area contributed by atoms with Crippen molar-refractivity contribution in [2.75, 3.05) is 32.8 Å². The fourth-order valence-corrected chi connectivity index (χ4v) is 4.41. The molecule has 0 bridgehead atoms. The summed E-state index contributed by atoms with van der Waals surface area (Å²) in [5.74, 6) is 0.259. The molecular weight excluding hydrogens is 340 g/mol. The van der Waals surface area contributed by atoms with Crippen molar-refractivity contribution in [1.82, 2.24) is 9.80 Å². The molecule has 2 saturated heterocycles. The predicted molar refractivity (Wildman–Crippen MR) is 96.2 cm³/mol. The smallest absolute Gasteiger partial charge is 0.227 e. The van der Waals surface area contributed by atoms with Gasteiger partial charge in [0.1, 0.15) is 0 Å². The Hall–Kier alpha value is -1.59. The predicted octanol–water partition coefficient (Wildman–Crippen LogP) is 1.96. The Labute approximate surface area is 153 Å². The molecule has 2 fully saturated rings. The van der Waals surface area contributed by atoms with E-state index in [4.69, 9.17) is 11.6 Å². The van der Waals surface area contributed by atoms with E-state index in [0.29, 0.717) is 37.6 Å². The fourth-order valence-electron chi connectivity index (χ4n) is 4.21. The summed E-state index contributed by atoms with van der Waals surface area (Å²) in [6.07, 6.45) is 1.97. The molecule has 1 aromatic rings. The van der Waals surface area contributed by atoms with Crippen LogP contribution in [-0.4, -0.2) is 59.5 Å². The van der Waals surface area contributed by atoms with Gasteiger partial charge in [-0.05, 0) is 29.9 Å². The minimum atomic E-state index is -0.0540. The molecular formula is C19H25ClN2O3. The van der Waals surface area contributed by atoms with E-state index in [-0.39, 0.29) is 29.8 Å². The number of likely N-dealkylation sites (tertiary alicyclic amines) is 2. The van der Waals surface area contributed by atoms with Gasteiger partial charge in [0, 0.05) is 50.7 Å². The lowest BCUT2D eigenvalue weighted by atomic mass is 9.71. The molecule has 1 unspecified atom stereocenters. The zero-order valence-electron chi connectivity index (χ0n) is 14.6. The van der Waals surface area contributed by atoms with Gasteiger partial charge < -0.3 is 14.9 Å². The minimum absolute atomic E-state index is 0.0540. The first-order valence-electron chi connectivity index (χ1n) is 8.83. The Morgan fingerprint density at radius 3 is 2.52 bits per heavy atom. The largest absolute Gasteiger partial charge is 0.396 e. The lowest BCUT2D eigenvalue weighted by Gasteiger charge is -2.42. The van der Waals surface area contributed by atoms with E-state index in [1.54, 1.807) is 13.0 Å². The lowest BCUT2D eigenvalue weighted by molar-refractivity contribution is -0.134. The molecule has 25 heavy (non-hydrogen) atoms. The normalized spacial score (nSPS) is 22.4. The first kappa shape index (κ1) is 18.2. The summed E-state index contributed by atoms with van der Waals surface area (Å²) in [5, 5.41) is 10.4. The summed E-state index contributed by atoms with van der Waals surface area (Å²) in [6.45, 7) is 4.34. The number of benzene rings is 1. The van der Waals surface area contributed by atoms with Crippen molar-refractivity contribution in [2.24, 2.45) is 11.3 Å². The van der Waals surface area contributed by atoms with Gasteiger partial charge in [0.25, 0.3) is 0 Å². The molecule has 1 atom stereocenters. The molecule has 2 aliphatic heterocycles. The van der Waals surface area contributed by atoms with E-state index in [1.807, 2.05) is 28.0 Å². The monoisotopic (exact) mass is 364 g/mol. The maximum Gasteiger partial charge on any atom is 0.227 e. The van der Waals surface area contributed by atoms with Crippen molar-refractivity contribution in [3.63, 3.8) is 0 Å². The third-order valence-electron chi connectivity index (χ3n) is 5.89. The quantitative estimate of drug-likeness (QED) is 0.891. The Morgan fingerprint density at radius 1 is 1.24 bits per heavy atom. The van der Waals surface area contributed by atoms with Crippen molar-refractivity contribution in [3.8, 4) is 0 Å². The number of amides is 2. The molecule has 3 rings (SSSR count). The van der Waals surface area contributed by atoms with Crippen molar-refractivity contribution in [2.45, 2.75) is 26.2 Å². The highest BCUT2D eigenvalue weighted by molar-refractivity contribution is 6.31. The summed E-state index contributed by atoms with van der Waals surface area (Å²) in [5.41, 5.74) is 0.799. The molecule has 2 heterocycles. The molecule has 1 N–H and O–H groups in total. The van der Waals surface area contributed by atoms with Crippen molar-refractivity contribution < 1.29 is 14.7 Å². The van der Waals surface area contributed by atoms with Crippen LogP contribution in [0.1, 0.15) is 25.3 Å². The second kappa shape index (κ2) is 7.34. The van der Waals surface area contributed by atoms with Crippen molar-refractivity contribution in [3.05, 3.63) is 34.9 Å². The third kappa shape index (κ3) is 3.67. The van der Waals surface area contributed by atoms with Gasteiger partial charge in [0.2, 0.25) is 11.8 Å². The molecule has 5 nitrogen and oxygen atoms in total. The first-order chi connectivity index (χ1) is 11.9. The Balaban J connectivity index is 1.62. The molecule has 2 amide bonds. The lowest BCUT2D eigenvalue weighted by Crippen LogP contribution is -2.47. The molecule has 0 aliphatic carbocycles. The number of piperidine rings is 1. The van der Waals surface area contributed by atoms with Crippen molar-refractivity contribution in [1.29, 1.82) is 0 Å². The van der Waals surface area contributed by atoms with Crippen LogP contribution in [0.3, 0.4) is 0 Å². The van der Waals surface area contributed by atoms with Gasteiger partial charge in [-0.2, -0.15) is 0 Å². The Kier molecular flexibility index (Phi) is 5.35. The van der Waals surface area contributed by atoms with E-state index in [1.165, 1.54) is 0 Å². The summed E-state index contributed by atoms with van der Waals surface area (Å²) in [7, 11) is 0. The number of hydrogen-bond donors (Lipinski definition) is 1. The summed E-state index contributed by atoms with van der Waals surface area (Å²) >= 11 is 6.15. The van der Waals surface area contributed by atoms with Crippen LogP contribution >= 0.6 is 11.6 Å². The van der Waals surface area contributed by atoms with E-state index in [9.17, 15) is 14.7 Å². The number of hydrogen-bond acceptors (Lipinski definition) is 3. The summed E-state index contributed by atoms with van der Waals surface area (Å²) < 4.78 is 0. The van der Waals surface area contributed by atoms with E-state index in [2.05, 4.69) is 0 Å². The van der Waals surface area contributed by atoms with E-state index in [0.717, 1.165) is 18.4 Å². The average molecular weight is 365 g/mol. The van der Waals surface area contributed by atoms with Gasteiger partial charge in [0.05, 0.1) is 6.42 Å². The van der Waals surface area contributed by atoms with Crippen LogP contribution in [0.2, 0.25) is 5.02 Å². The van der Waals surface area contributed by atoms with E-state index < -0.39 is 0 Å². The molecule has 2 aliphatic rings. The van der Waals surface area contributed by atoms with Crippen LogP contribution in [0.4, 0.5) is 0 Å². The third-order valence-corrected chi connectivity index (χ3v) is 6.26. The highest BCUT2D eigenvalue weighted by Crippen LogP contribution is 2.44. The van der Waals surface area contributed by atoms with Crippen LogP contribution in [0.15, 0.2) is 24.3 Å². The van der Waals surface area contributed by atoms with Crippen LogP contribution in [-0.2, 0) is 16.0 Å². The Morgan fingerprint density at radius 2 is 1.92 bits per heavy atom. The van der Waals surface area contributed by atoms with Crippen LogP contribution < -0.4 is 0 Å². The van der Waals surface area contributed by atoms with Gasteiger partial charge >= 0.3 is 0 Å². The number of aliphatic hydroxyl groups excluding tert-OH is 1. The Bertz CT molecular complexity index is 656. The average Bonchev–Trinajstić information content (AvgIpc) is 2.96. The second-order valence-electron chi connectivity index (χ2n) is 7.29.